The molecule has 1 fully saturated rings. The number of nitrogens with zero attached hydrogens (tertiary/aromatic N) is 3. The molecule has 1 N–H and O–H groups in total. The fourth-order valence-electron chi connectivity index (χ4n) is 2.39. The third-order valence-corrected chi connectivity index (χ3v) is 4.03. The maximum atomic E-state index is 12.9. The van der Waals surface area contributed by atoms with Crippen LogP contribution in [0.5, 0.6) is 0 Å². The van der Waals surface area contributed by atoms with E-state index in [9.17, 15) is 9.18 Å². The van der Waals surface area contributed by atoms with Gasteiger partial charge in [0.05, 0.1) is 6.54 Å². The van der Waals surface area contributed by atoms with Gasteiger partial charge >= 0.3 is 6.03 Å². The first-order valence-corrected chi connectivity index (χ1v) is 7.79. The Bertz CT molecular complexity index is 667. The second-order valence-electron chi connectivity index (χ2n) is 5.63. The van der Waals surface area contributed by atoms with Crippen molar-refractivity contribution in [1.82, 2.24) is 15.0 Å². The minimum absolute atomic E-state index is 0.278. The smallest absolute Gasteiger partial charge is 0.322 e. The number of carbonyl (C=O) groups excluding carboxylic acids is 1. The van der Waals surface area contributed by atoms with Crippen LogP contribution in [-0.4, -0.2) is 27.6 Å². The molecule has 1 aromatic heterocycles. The summed E-state index contributed by atoms with van der Waals surface area (Å²) in [5.74, 6) is 1.20. The molecule has 0 spiro atoms. The monoisotopic (exact) mass is 318 g/mol. The van der Waals surface area contributed by atoms with E-state index in [1.165, 1.54) is 30.7 Å². The Morgan fingerprint density at radius 2 is 2.13 bits per heavy atom. The molecule has 0 radical (unpaired) electrons. The van der Waals surface area contributed by atoms with Crippen molar-refractivity contribution in [1.29, 1.82) is 0 Å². The average molecular weight is 318 g/mol. The molecule has 0 atom stereocenters. The lowest BCUT2D eigenvalue weighted by Gasteiger charge is -2.21. The van der Waals surface area contributed by atoms with E-state index < -0.39 is 0 Å². The van der Waals surface area contributed by atoms with Crippen LogP contribution in [0.3, 0.4) is 0 Å². The fraction of sp³-hybridized carbons (Fsp3) is 0.438. The summed E-state index contributed by atoms with van der Waals surface area (Å²) >= 11 is 0. The van der Waals surface area contributed by atoms with E-state index in [1.54, 1.807) is 4.90 Å². The number of hydrogen-bond acceptors (Lipinski definition) is 4. The number of anilines is 1. The highest BCUT2D eigenvalue weighted by molar-refractivity contribution is 5.89. The summed E-state index contributed by atoms with van der Waals surface area (Å²) in [6.07, 6.45) is 3.37. The van der Waals surface area contributed by atoms with Crippen LogP contribution in [0.1, 0.15) is 43.8 Å². The first-order valence-electron chi connectivity index (χ1n) is 7.79. The summed E-state index contributed by atoms with van der Waals surface area (Å²) in [7, 11) is 0. The van der Waals surface area contributed by atoms with Gasteiger partial charge in [0.1, 0.15) is 5.82 Å². The van der Waals surface area contributed by atoms with E-state index in [1.807, 2.05) is 6.92 Å². The van der Waals surface area contributed by atoms with Crippen LogP contribution in [0.2, 0.25) is 0 Å². The number of nitrogens with one attached hydrogen (secondary N) is 1. The average Bonchev–Trinajstić information content (AvgIpc) is 2.93. The summed E-state index contributed by atoms with van der Waals surface area (Å²) in [4.78, 5) is 18.2. The first kappa shape index (κ1) is 15.5. The van der Waals surface area contributed by atoms with Crippen LogP contribution in [0, 0.1) is 5.82 Å². The zero-order chi connectivity index (χ0) is 16.2. The third-order valence-electron chi connectivity index (χ3n) is 4.03. The molecule has 0 bridgehead atoms. The number of carbonyl (C=O) groups is 1. The maximum Gasteiger partial charge on any atom is 0.322 e. The van der Waals surface area contributed by atoms with E-state index in [4.69, 9.17) is 4.52 Å². The number of halogens is 1. The molecule has 1 heterocycles. The van der Waals surface area contributed by atoms with Gasteiger partial charge < -0.3 is 14.7 Å². The minimum atomic E-state index is -0.342. The molecule has 0 aliphatic heterocycles. The molecule has 1 aromatic carbocycles. The van der Waals surface area contributed by atoms with Crippen LogP contribution in [0.25, 0.3) is 0 Å². The van der Waals surface area contributed by atoms with E-state index in [2.05, 4.69) is 15.5 Å². The van der Waals surface area contributed by atoms with Crippen LogP contribution in [0.4, 0.5) is 14.9 Å². The SMILES string of the molecule is CCN(Cc1noc(C2CCC2)n1)C(=O)Nc1ccc(F)cc1. The van der Waals surface area contributed by atoms with Crippen molar-refractivity contribution in [3.63, 3.8) is 0 Å². The normalized spacial score (nSPS) is 14.3. The lowest BCUT2D eigenvalue weighted by atomic mass is 9.85. The van der Waals surface area contributed by atoms with Crippen molar-refractivity contribution in [2.24, 2.45) is 0 Å². The number of aromatic nitrogens is 2. The Balaban J connectivity index is 1.60. The highest BCUT2D eigenvalue weighted by atomic mass is 19.1. The Morgan fingerprint density at radius 1 is 1.39 bits per heavy atom. The van der Waals surface area contributed by atoms with Gasteiger partial charge in [-0.05, 0) is 44.0 Å². The summed E-state index contributed by atoms with van der Waals surface area (Å²) in [5, 5.41) is 6.68. The fourth-order valence-corrected chi connectivity index (χ4v) is 2.39. The molecule has 3 rings (SSSR count). The first-order chi connectivity index (χ1) is 11.2. The van der Waals surface area contributed by atoms with Gasteiger partial charge in [-0.25, -0.2) is 9.18 Å². The molecule has 122 valence electrons. The van der Waals surface area contributed by atoms with Gasteiger partial charge in [-0.3, -0.25) is 0 Å². The Morgan fingerprint density at radius 3 is 2.74 bits per heavy atom. The Kier molecular flexibility index (Phi) is 4.55. The van der Waals surface area contributed by atoms with Crippen molar-refractivity contribution in [2.75, 3.05) is 11.9 Å². The molecule has 1 aliphatic rings. The lowest BCUT2D eigenvalue weighted by molar-refractivity contribution is 0.210. The summed E-state index contributed by atoms with van der Waals surface area (Å²) in [6, 6.07) is 5.36. The molecule has 0 saturated heterocycles. The number of amides is 2. The highest BCUT2D eigenvalue weighted by Crippen LogP contribution is 2.35. The number of benzene rings is 1. The lowest BCUT2D eigenvalue weighted by Crippen LogP contribution is -2.34. The number of urea groups is 1. The van der Waals surface area contributed by atoms with Crippen LogP contribution >= 0.6 is 0 Å². The minimum Gasteiger partial charge on any atom is -0.339 e. The third kappa shape index (κ3) is 3.67. The van der Waals surface area contributed by atoms with E-state index >= 15 is 0 Å². The molecule has 6 nitrogen and oxygen atoms in total. The predicted molar refractivity (Wildman–Crippen MR) is 82.4 cm³/mol. The molecule has 2 aromatic rings. The van der Waals surface area contributed by atoms with Crippen molar-refractivity contribution in [3.8, 4) is 0 Å². The van der Waals surface area contributed by atoms with Crippen LogP contribution in [-0.2, 0) is 6.54 Å². The number of rotatable bonds is 5. The molecule has 1 aliphatic carbocycles. The van der Waals surface area contributed by atoms with Crippen LogP contribution in [0.15, 0.2) is 28.8 Å². The summed E-state index contributed by atoms with van der Waals surface area (Å²) in [5.41, 5.74) is 0.540. The van der Waals surface area contributed by atoms with Gasteiger partial charge in [-0.15, -0.1) is 0 Å². The molecular formula is C16H19FN4O2. The van der Waals surface area contributed by atoms with Gasteiger partial charge in [0.2, 0.25) is 5.89 Å². The van der Waals surface area contributed by atoms with Gasteiger partial charge in [0.25, 0.3) is 0 Å². The van der Waals surface area contributed by atoms with E-state index in [0.29, 0.717) is 29.9 Å². The topological polar surface area (TPSA) is 71.3 Å². The largest absolute Gasteiger partial charge is 0.339 e. The molecular weight excluding hydrogens is 299 g/mol. The second kappa shape index (κ2) is 6.76. The van der Waals surface area contributed by atoms with Crippen molar-refractivity contribution < 1.29 is 13.7 Å². The highest BCUT2D eigenvalue weighted by Gasteiger charge is 2.26. The standard InChI is InChI=1S/C16H19FN4O2/c1-2-21(16(22)18-13-8-6-12(17)7-9-13)10-14-19-15(23-20-14)11-4-3-5-11/h6-9,11H,2-5,10H2,1H3,(H,18,22). The summed E-state index contributed by atoms with van der Waals surface area (Å²) < 4.78 is 18.2. The zero-order valence-electron chi connectivity index (χ0n) is 13.0. The Labute approximate surface area is 133 Å². The van der Waals surface area contributed by atoms with Crippen LogP contribution < -0.4 is 5.32 Å². The molecule has 0 unspecified atom stereocenters. The molecule has 23 heavy (non-hydrogen) atoms. The summed E-state index contributed by atoms with van der Waals surface area (Å²) in [6.45, 7) is 2.65. The van der Waals surface area contributed by atoms with Gasteiger partial charge in [0.15, 0.2) is 5.82 Å². The van der Waals surface area contributed by atoms with E-state index in [-0.39, 0.29) is 18.4 Å². The predicted octanol–water partition coefficient (Wildman–Crippen LogP) is 3.53. The molecule has 2 amide bonds. The van der Waals surface area contributed by atoms with Crippen molar-refractivity contribution in [3.05, 3.63) is 41.8 Å². The quantitative estimate of drug-likeness (QED) is 0.915. The molecule has 1 saturated carbocycles. The second-order valence-corrected chi connectivity index (χ2v) is 5.63. The number of hydrogen-bond donors (Lipinski definition) is 1. The zero-order valence-corrected chi connectivity index (χ0v) is 13.0. The van der Waals surface area contributed by atoms with Gasteiger partial charge in [-0.1, -0.05) is 11.6 Å². The maximum absolute atomic E-state index is 12.9. The van der Waals surface area contributed by atoms with E-state index in [0.717, 1.165) is 12.8 Å². The van der Waals surface area contributed by atoms with Gasteiger partial charge in [0, 0.05) is 18.2 Å². The van der Waals surface area contributed by atoms with Gasteiger partial charge in [-0.2, -0.15) is 4.98 Å². The molecule has 7 heteroatoms. The van der Waals surface area contributed by atoms with Crippen molar-refractivity contribution >= 4 is 11.7 Å². The van der Waals surface area contributed by atoms with Crippen molar-refractivity contribution in [2.45, 2.75) is 38.6 Å². The Hall–Kier alpha value is -2.44.